The second-order valence-electron chi connectivity index (χ2n) is 8.07. The Kier molecular flexibility index (Phi) is 8.05. The zero-order valence-electron chi connectivity index (χ0n) is 19.4. The quantitative estimate of drug-likeness (QED) is 0.652. The lowest BCUT2D eigenvalue weighted by molar-refractivity contribution is -0.133. The van der Waals surface area contributed by atoms with Crippen LogP contribution < -0.4 is 5.32 Å². The lowest BCUT2D eigenvalue weighted by Crippen LogP contribution is -2.47. The van der Waals surface area contributed by atoms with Crippen molar-refractivity contribution in [3.05, 3.63) is 59.4 Å². The predicted octanol–water partition coefficient (Wildman–Crippen LogP) is 3.08. The summed E-state index contributed by atoms with van der Waals surface area (Å²) in [5.74, 6) is -0.220. The molecule has 1 unspecified atom stereocenters. The Morgan fingerprint density at radius 1 is 1.25 bits per heavy atom. The molecule has 172 valence electrons. The fraction of sp³-hybridized carbons (Fsp3) is 0.458. The van der Waals surface area contributed by atoms with Crippen LogP contribution in [0.15, 0.2) is 47.7 Å². The van der Waals surface area contributed by atoms with E-state index in [1.54, 1.807) is 12.1 Å². The van der Waals surface area contributed by atoms with E-state index in [0.717, 1.165) is 29.0 Å². The molecule has 1 atom stereocenters. The first-order chi connectivity index (χ1) is 15.4. The summed E-state index contributed by atoms with van der Waals surface area (Å²) in [6, 6.07) is 11.7. The fourth-order valence-electron chi connectivity index (χ4n) is 3.74. The molecule has 1 aromatic heterocycles. The highest BCUT2D eigenvalue weighted by molar-refractivity contribution is 6.02. The number of carbonyl (C=O) groups is 2. The minimum Gasteiger partial charge on any atom is -0.383 e. The van der Waals surface area contributed by atoms with Crippen molar-refractivity contribution in [3.63, 3.8) is 0 Å². The SMILES string of the molecule is CCCNC(=O)N(CCOC)CC(=O)N1N=C(c2cccn2C)CC1c1ccc(C)cc1. The average Bonchev–Trinajstić information content (AvgIpc) is 3.41. The molecule has 0 saturated heterocycles. The zero-order valence-corrected chi connectivity index (χ0v) is 19.4. The number of nitrogens with zero attached hydrogens (tertiary/aromatic N) is 4. The van der Waals surface area contributed by atoms with E-state index in [2.05, 4.69) is 5.32 Å². The maximum absolute atomic E-state index is 13.4. The molecule has 8 heteroatoms. The molecule has 1 aliphatic heterocycles. The average molecular weight is 440 g/mol. The van der Waals surface area contributed by atoms with Gasteiger partial charge in [-0.1, -0.05) is 36.8 Å². The van der Waals surface area contributed by atoms with E-state index in [0.29, 0.717) is 26.1 Å². The van der Waals surface area contributed by atoms with Gasteiger partial charge < -0.3 is 19.5 Å². The highest BCUT2D eigenvalue weighted by atomic mass is 16.5. The van der Waals surface area contributed by atoms with Crippen LogP contribution in [-0.2, 0) is 16.6 Å². The summed E-state index contributed by atoms with van der Waals surface area (Å²) in [7, 11) is 3.54. The Labute approximate surface area is 189 Å². The first kappa shape index (κ1) is 23.5. The number of carbonyl (C=O) groups excluding carboxylic acids is 2. The molecule has 1 aromatic carbocycles. The van der Waals surface area contributed by atoms with Gasteiger partial charge >= 0.3 is 6.03 Å². The third-order valence-electron chi connectivity index (χ3n) is 5.57. The largest absolute Gasteiger partial charge is 0.383 e. The van der Waals surface area contributed by atoms with Gasteiger partial charge in [0.25, 0.3) is 5.91 Å². The molecule has 2 heterocycles. The number of methoxy groups -OCH3 is 1. The van der Waals surface area contributed by atoms with Crippen molar-refractivity contribution in [2.45, 2.75) is 32.7 Å². The molecule has 0 bridgehead atoms. The Balaban J connectivity index is 1.85. The highest BCUT2D eigenvalue weighted by Crippen LogP contribution is 2.33. The van der Waals surface area contributed by atoms with E-state index in [1.165, 1.54) is 4.90 Å². The second kappa shape index (κ2) is 10.9. The molecule has 0 saturated carbocycles. The topological polar surface area (TPSA) is 79.2 Å². The molecule has 3 amide bonds. The molecule has 1 N–H and O–H groups in total. The standard InChI is InChI=1S/C24H33N5O3/c1-5-12-25-24(31)28(14-15-32-4)17-23(30)29-22(19-10-8-18(2)9-11-19)16-20(26-29)21-7-6-13-27(21)3/h6-11,13,22H,5,12,14-17H2,1-4H3,(H,25,31). The van der Waals surface area contributed by atoms with Gasteiger partial charge in [0.1, 0.15) is 6.54 Å². The van der Waals surface area contributed by atoms with Crippen molar-refractivity contribution < 1.29 is 14.3 Å². The number of ether oxygens (including phenoxy) is 1. The fourth-order valence-corrected chi connectivity index (χ4v) is 3.74. The van der Waals surface area contributed by atoms with E-state index >= 15 is 0 Å². The maximum Gasteiger partial charge on any atom is 0.317 e. The number of rotatable bonds is 9. The summed E-state index contributed by atoms with van der Waals surface area (Å²) in [6.45, 7) is 5.20. The maximum atomic E-state index is 13.4. The lowest BCUT2D eigenvalue weighted by atomic mass is 9.99. The van der Waals surface area contributed by atoms with Gasteiger partial charge in [0, 0.05) is 39.9 Å². The van der Waals surface area contributed by atoms with Gasteiger partial charge in [0.05, 0.1) is 24.1 Å². The van der Waals surface area contributed by atoms with Crippen LogP contribution in [0.5, 0.6) is 0 Å². The third kappa shape index (κ3) is 5.56. The van der Waals surface area contributed by atoms with Crippen molar-refractivity contribution in [3.8, 4) is 0 Å². The number of amides is 3. The van der Waals surface area contributed by atoms with Crippen molar-refractivity contribution >= 4 is 17.6 Å². The lowest BCUT2D eigenvalue weighted by Gasteiger charge is -2.27. The monoisotopic (exact) mass is 439 g/mol. The zero-order chi connectivity index (χ0) is 23.1. The summed E-state index contributed by atoms with van der Waals surface area (Å²) in [5, 5.41) is 9.10. The van der Waals surface area contributed by atoms with Crippen LogP contribution in [0, 0.1) is 6.92 Å². The van der Waals surface area contributed by atoms with E-state index in [-0.39, 0.29) is 24.5 Å². The van der Waals surface area contributed by atoms with Crippen LogP contribution in [0.25, 0.3) is 0 Å². The normalized spacial score (nSPS) is 15.6. The van der Waals surface area contributed by atoms with Gasteiger partial charge in [0.15, 0.2) is 0 Å². The van der Waals surface area contributed by atoms with Crippen LogP contribution >= 0.6 is 0 Å². The number of benzene rings is 1. The van der Waals surface area contributed by atoms with Crippen molar-refractivity contribution in [2.75, 3.05) is 33.4 Å². The molecule has 0 aliphatic carbocycles. The van der Waals surface area contributed by atoms with Gasteiger partial charge in [-0.2, -0.15) is 5.10 Å². The molecule has 8 nitrogen and oxygen atoms in total. The van der Waals surface area contributed by atoms with Crippen LogP contribution in [0.2, 0.25) is 0 Å². The molecule has 0 radical (unpaired) electrons. The molecule has 1 aliphatic rings. The summed E-state index contributed by atoms with van der Waals surface area (Å²) < 4.78 is 7.14. The van der Waals surface area contributed by atoms with Gasteiger partial charge in [0.2, 0.25) is 0 Å². The summed E-state index contributed by atoms with van der Waals surface area (Å²) in [5.41, 5.74) is 4.02. The van der Waals surface area contributed by atoms with Crippen molar-refractivity contribution in [1.29, 1.82) is 0 Å². The molecule has 0 fully saturated rings. The number of aryl methyl sites for hydroxylation is 2. The second-order valence-corrected chi connectivity index (χ2v) is 8.07. The van der Waals surface area contributed by atoms with Gasteiger partial charge in [-0.05, 0) is 31.0 Å². The van der Waals surface area contributed by atoms with Gasteiger partial charge in [-0.3, -0.25) is 4.79 Å². The predicted molar refractivity (Wildman–Crippen MR) is 124 cm³/mol. The summed E-state index contributed by atoms with van der Waals surface area (Å²) in [6.07, 6.45) is 3.41. The molecular formula is C24H33N5O3. The highest BCUT2D eigenvalue weighted by Gasteiger charge is 2.34. The number of hydrogen-bond acceptors (Lipinski definition) is 4. The molecule has 32 heavy (non-hydrogen) atoms. The van der Waals surface area contributed by atoms with Crippen molar-refractivity contribution in [1.82, 2.24) is 19.8 Å². The van der Waals surface area contributed by atoms with E-state index < -0.39 is 0 Å². The van der Waals surface area contributed by atoms with E-state index in [9.17, 15) is 9.59 Å². The Morgan fingerprint density at radius 3 is 2.62 bits per heavy atom. The summed E-state index contributed by atoms with van der Waals surface area (Å²) in [4.78, 5) is 27.5. The van der Waals surface area contributed by atoms with Gasteiger partial charge in [-0.15, -0.1) is 0 Å². The van der Waals surface area contributed by atoms with Crippen LogP contribution in [-0.4, -0.2) is 65.5 Å². The number of aromatic nitrogens is 1. The third-order valence-corrected chi connectivity index (χ3v) is 5.57. The first-order valence-electron chi connectivity index (χ1n) is 11.0. The Hall–Kier alpha value is -3.13. The Bertz CT molecular complexity index is 951. The number of hydrazone groups is 1. The molecule has 3 rings (SSSR count). The molecule has 2 aromatic rings. The number of hydrogen-bond donors (Lipinski definition) is 1. The summed E-state index contributed by atoms with van der Waals surface area (Å²) >= 11 is 0. The van der Waals surface area contributed by atoms with Crippen LogP contribution in [0.4, 0.5) is 4.79 Å². The van der Waals surface area contributed by atoms with Crippen LogP contribution in [0.1, 0.15) is 42.6 Å². The number of urea groups is 1. The van der Waals surface area contributed by atoms with Crippen LogP contribution in [0.3, 0.4) is 0 Å². The molecule has 0 spiro atoms. The first-order valence-corrected chi connectivity index (χ1v) is 11.0. The minimum absolute atomic E-state index is 0.0643. The van der Waals surface area contributed by atoms with E-state index in [1.807, 2.05) is 68.1 Å². The number of nitrogens with one attached hydrogen (secondary N) is 1. The smallest absolute Gasteiger partial charge is 0.317 e. The Morgan fingerprint density at radius 2 is 2.00 bits per heavy atom. The van der Waals surface area contributed by atoms with Gasteiger partial charge in [-0.25, -0.2) is 9.80 Å². The minimum atomic E-state index is -0.269. The molecular weight excluding hydrogens is 406 g/mol. The van der Waals surface area contributed by atoms with E-state index in [4.69, 9.17) is 9.84 Å². The van der Waals surface area contributed by atoms with Crippen molar-refractivity contribution in [2.24, 2.45) is 12.1 Å².